The van der Waals surface area contributed by atoms with Crippen molar-refractivity contribution >= 4 is 11.7 Å². The third-order valence-corrected chi connectivity index (χ3v) is 3.96. The van der Waals surface area contributed by atoms with Gasteiger partial charge < -0.3 is 9.80 Å². The highest BCUT2D eigenvalue weighted by Gasteiger charge is 2.21. The summed E-state index contributed by atoms with van der Waals surface area (Å²) in [6, 6.07) is 3.78. The van der Waals surface area contributed by atoms with Gasteiger partial charge in [-0.15, -0.1) is 0 Å². The highest BCUT2D eigenvalue weighted by atomic mass is 16.2. The zero-order valence-electron chi connectivity index (χ0n) is 13.3. The van der Waals surface area contributed by atoms with Gasteiger partial charge in [0.1, 0.15) is 5.82 Å². The molecule has 0 saturated carbocycles. The fraction of sp³-hybridized carbons (Fsp3) is 0.529. The first-order valence-electron chi connectivity index (χ1n) is 7.58. The molecule has 0 aliphatic carbocycles. The molecule has 114 valence electrons. The number of pyridine rings is 1. The molecule has 1 saturated heterocycles. The average molecular weight is 287 g/mol. The van der Waals surface area contributed by atoms with Gasteiger partial charge in [-0.1, -0.05) is 19.1 Å². The number of piperidine rings is 1. The van der Waals surface area contributed by atoms with Crippen molar-refractivity contribution < 1.29 is 4.79 Å². The highest BCUT2D eigenvalue weighted by Crippen LogP contribution is 2.19. The van der Waals surface area contributed by atoms with Crippen molar-refractivity contribution in [1.82, 2.24) is 9.88 Å². The molecule has 0 aromatic carbocycles. The monoisotopic (exact) mass is 287 g/mol. The van der Waals surface area contributed by atoms with E-state index < -0.39 is 0 Å². The summed E-state index contributed by atoms with van der Waals surface area (Å²) in [4.78, 5) is 20.8. The van der Waals surface area contributed by atoms with Crippen LogP contribution < -0.4 is 4.90 Å². The second-order valence-electron chi connectivity index (χ2n) is 6.19. The third kappa shape index (κ3) is 4.06. The molecule has 1 aliphatic heterocycles. The summed E-state index contributed by atoms with van der Waals surface area (Å²) in [7, 11) is 1.98. The molecule has 0 radical (unpaired) electrons. The first kappa shape index (κ1) is 15.5. The van der Waals surface area contributed by atoms with Gasteiger partial charge in [-0.25, -0.2) is 4.98 Å². The third-order valence-electron chi connectivity index (χ3n) is 3.96. The van der Waals surface area contributed by atoms with E-state index in [-0.39, 0.29) is 5.91 Å². The van der Waals surface area contributed by atoms with Gasteiger partial charge in [0, 0.05) is 32.9 Å². The van der Waals surface area contributed by atoms with E-state index in [0.717, 1.165) is 49.8 Å². The Bertz CT molecular complexity index is 501. The quantitative estimate of drug-likeness (QED) is 0.799. The molecule has 1 aromatic heterocycles. The molecule has 0 N–H and O–H groups in total. The average Bonchev–Trinajstić information content (AvgIpc) is 2.47. The van der Waals surface area contributed by atoms with Crippen LogP contribution in [0.15, 0.2) is 30.5 Å². The van der Waals surface area contributed by atoms with Crippen LogP contribution >= 0.6 is 0 Å². The van der Waals surface area contributed by atoms with Gasteiger partial charge in [-0.3, -0.25) is 4.79 Å². The largest absolute Gasteiger partial charge is 0.356 e. The van der Waals surface area contributed by atoms with Crippen LogP contribution in [-0.2, 0) is 0 Å². The van der Waals surface area contributed by atoms with E-state index in [9.17, 15) is 4.79 Å². The van der Waals surface area contributed by atoms with Crippen LogP contribution in [0.3, 0.4) is 0 Å². The minimum absolute atomic E-state index is 0.100. The highest BCUT2D eigenvalue weighted by molar-refractivity contribution is 5.94. The lowest BCUT2D eigenvalue weighted by molar-refractivity contribution is 0.0697. The normalized spacial score (nSPS) is 15.9. The summed E-state index contributed by atoms with van der Waals surface area (Å²) in [5, 5.41) is 0. The standard InChI is InChI=1S/C17H25N3O/c1-13(2)12-19(4)16-6-5-15(11-18-16)17(21)20-9-7-14(3)8-10-20/h5-6,11,14H,1,7-10,12H2,2-4H3. The Morgan fingerprint density at radius 2 is 2.10 bits per heavy atom. The predicted molar refractivity (Wildman–Crippen MR) is 86.6 cm³/mol. The maximum atomic E-state index is 12.4. The van der Waals surface area contributed by atoms with Gasteiger partial charge in [0.25, 0.3) is 5.91 Å². The number of hydrogen-bond acceptors (Lipinski definition) is 3. The van der Waals surface area contributed by atoms with E-state index in [4.69, 9.17) is 0 Å². The van der Waals surface area contributed by atoms with E-state index in [1.54, 1.807) is 6.20 Å². The Hall–Kier alpha value is -1.84. The zero-order chi connectivity index (χ0) is 15.4. The Balaban J connectivity index is 2.01. The second kappa shape index (κ2) is 6.74. The first-order valence-corrected chi connectivity index (χ1v) is 7.58. The minimum atomic E-state index is 0.100. The second-order valence-corrected chi connectivity index (χ2v) is 6.19. The van der Waals surface area contributed by atoms with E-state index in [2.05, 4.69) is 18.5 Å². The van der Waals surface area contributed by atoms with Crippen molar-refractivity contribution in [3.63, 3.8) is 0 Å². The number of anilines is 1. The maximum absolute atomic E-state index is 12.4. The Labute approximate surface area is 127 Å². The summed E-state index contributed by atoms with van der Waals surface area (Å²) in [6.45, 7) is 10.6. The number of hydrogen-bond donors (Lipinski definition) is 0. The molecule has 2 rings (SSSR count). The summed E-state index contributed by atoms with van der Waals surface area (Å²) >= 11 is 0. The Kier molecular flexibility index (Phi) is 4.99. The van der Waals surface area contributed by atoms with Crippen molar-refractivity contribution in [2.24, 2.45) is 5.92 Å². The molecule has 21 heavy (non-hydrogen) atoms. The SMILES string of the molecule is C=C(C)CN(C)c1ccc(C(=O)N2CCC(C)CC2)cn1. The number of amides is 1. The van der Waals surface area contributed by atoms with Crippen molar-refractivity contribution in [3.8, 4) is 0 Å². The van der Waals surface area contributed by atoms with Crippen LogP contribution in [-0.4, -0.2) is 42.5 Å². The van der Waals surface area contributed by atoms with Gasteiger partial charge in [0.05, 0.1) is 5.56 Å². The predicted octanol–water partition coefficient (Wildman–Crippen LogP) is 2.97. The van der Waals surface area contributed by atoms with E-state index in [1.807, 2.05) is 35.9 Å². The van der Waals surface area contributed by atoms with Gasteiger partial charge in [-0.2, -0.15) is 0 Å². The molecule has 1 fully saturated rings. The lowest BCUT2D eigenvalue weighted by atomic mass is 9.99. The van der Waals surface area contributed by atoms with Crippen LogP contribution in [0.25, 0.3) is 0 Å². The fourth-order valence-corrected chi connectivity index (χ4v) is 2.62. The van der Waals surface area contributed by atoms with Crippen molar-refractivity contribution in [3.05, 3.63) is 36.0 Å². The number of carbonyl (C=O) groups is 1. The van der Waals surface area contributed by atoms with Gasteiger partial charge in [0.2, 0.25) is 0 Å². The fourth-order valence-electron chi connectivity index (χ4n) is 2.62. The van der Waals surface area contributed by atoms with Crippen molar-refractivity contribution in [2.45, 2.75) is 26.7 Å². The summed E-state index contributed by atoms with van der Waals surface area (Å²) in [5.41, 5.74) is 1.76. The molecule has 0 bridgehead atoms. The first-order chi connectivity index (χ1) is 9.97. The lowest BCUT2D eigenvalue weighted by Crippen LogP contribution is -2.38. The summed E-state index contributed by atoms with van der Waals surface area (Å²) in [6.07, 6.45) is 3.88. The Morgan fingerprint density at radius 1 is 1.43 bits per heavy atom. The summed E-state index contributed by atoms with van der Waals surface area (Å²) < 4.78 is 0. The van der Waals surface area contributed by atoms with Crippen LogP contribution in [0.2, 0.25) is 0 Å². The molecular weight excluding hydrogens is 262 g/mol. The van der Waals surface area contributed by atoms with E-state index >= 15 is 0 Å². The van der Waals surface area contributed by atoms with Gasteiger partial charge in [0.15, 0.2) is 0 Å². The van der Waals surface area contributed by atoms with Crippen LogP contribution in [0.1, 0.15) is 37.0 Å². The molecule has 1 amide bonds. The number of aromatic nitrogens is 1. The van der Waals surface area contributed by atoms with Gasteiger partial charge in [-0.05, 0) is 37.8 Å². The molecule has 0 unspecified atom stereocenters. The van der Waals surface area contributed by atoms with Crippen LogP contribution in [0, 0.1) is 5.92 Å². The zero-order valence-corrected chi connectivity index (χ0v) is 13.3. The topological polar surface area (TPSA) is 36.4 Å². The number of likely N-dealkylation sites (tertiary alicyclic amines) is 1. The maximum Gasteiger partial charge on any atom is 0.255 e. The molecular formula is C17H25N3O. The molecule has 0 atom stereocenters. The van der Waals surface area contributed by atoms with E-state index in [1.165, 1.54) is 0 Å². The van der Waals surface area contributed by atoms with Crippen LogP contribution in [0.4, 0.5) is 5.82 Å². The molecule has 0 spiro atoms. The lowest BCUT2D eigenvalue weighted by Gasteiger charge is -2.30. The van der Waals surface area contributed by atoms with Crippen molar-refractivity contribution in [2.75, 3.05) is 31.6 Å². The molecule has 4 heteroatoms. The number of likely N-dealkylation sites (N-methyl/N-ethyl adjacent to an activating group) is 1. The molecule has 1 aliphatic rings. The number of nitrogens with zero attached hydrogens (tertiary/aromatic N) is 3. The van der Waals surface area contributed by atoms with Crippen LogP contribution in [0.5, 0.6) is 0 Å². The van der Waals surface area contributed by atoms with Gasteiger partial charge >= 0.3 is 0 Å². The number of rotatable bonds is 4. The molecule has 4 nitrogen and oxygen atoms in total. The molecule has 2 heterocycles. The van der Waals surface area contributed by atoms with E-state index in [0.29, 0.717) is 5.56 Å². The minimum Gasteiger partial charge on any atom is -0.356 e. The molecule has 1 aromatic rings. The smallest absolute Gasteiger partial charge is 0.255 e. The van der Waals surface area contributed by atoms with Crippen molar-refractivity contribution in [1.29, 1.82) is 0 Å². The Morgan fingerprint density at radius 3 is 2.62 bits per heavy atom. The number of carbonyl (C=O) groups excluding carboxylic acids is 1. The summed E-state index contributed by atoms with van der Waals surface area (Å²) in [5.74, 6) is 1.69.